The Kier molecular flexibility index (Phi) is 6.29. The summed E-state index contributed by atoms with van der Waals surface area (Å²) >= 11 is 0. The molecule has 0 amide bonds. The van der Waals surface area contributed by atoms with Crippen molar-refractivity contribution in [2.24, 2.45) is 0 Å². The van der Waals surface area contributed by atoms with Gasteiger partial charge in [-0.3, -0.25) is 4.79 Å². The molecule has 0 spiro atoms. The van der Waals surface area contributed by atoms with Gasteiger partial charge in [-0.1, -0.05) is 12.1 Å². The lowest BCUT2D eigenvalue weighted by Gasteiger charge is -2.29. The molecule has 1 fully saturated rings. The lowest BCUT2D eigenvalue weighted by molar-refractivity contribution is 0.0738. The molecule has 10 nitrogen and oxygen atoms in total. The maximum Gasteiger partial charge on any atom is 0.278 e. The minimum atomic E-state index is -1.14. The number of fused-ring (bicyclic) bond motifs is 1. The van der Waals surface area contributed by atoms with Crippen LogP contribution in [0.3, 0.4) is 0 Å². The van der Waals surface area contributed by atoms with Crippen molar-refractivity contribution < 1.29 is 5.11 Å². The number of pyridine rings is 1. The Morgan fingerprint density at radius 3 is 2.58 bits per heavy atom. The predicted molar refractivity (Wildman–Crippen MR) is 141 cm³/mol. The molecule has 0 radical (unpaired) electrons. The molecule has 186 valence electrons. The first-order valence-corrected chi connectivity index (χ1v) is 12.0. The number of nitrogens with one attached hydrogen (secondary N) is 2. The Bertz CT molecular complexity index is 1440. The number of anilines is 3. The smallest absolute Gasteiger partial charge is 0.278 e. The molecule has 0 unspecified atom stereocenters. The maximum absolute atomic E-state index is 13.2. The fourth-order valence-electron chi connectivity index (χ4n) is 4.30. The van der Waals surface area contributed by atoms with Crippen molar-refractivity contribution in [2.45, 2.75) is 26.0 Å². The first-order valence-electron chi connectivity index (χ1n) is 12.0. The summed E-state index contributed by atoms with van der Waals surface area (Å²) in [6, 6.07) is 13.5. The molecular formula is C26H30N8O2. The Labute approximate surface area is 208 Å². The van der Waals surface area contributed by atoms with Crippen LogP contribution in [-0.2, 0) is 12.1 Å². The van der Waals surface area contributed by atoms with Crippen LogP contribution >= 0.6 is 0 Å². The Hall–Kier alpha value is -4.02. The van der Waals surface area contributed by atoms with Crippen LogP contribution in [0, 0.1) is 0 Å². The van der Waals surface area contributed by atoms with E-state index in [1.807, 2.05) is 12.1 Å². The molecule has 0 atom stereocenters. The van der Waals surface area contributed by atoms with E-state index in [1.165, 1.54) is 16.6 Å². The molecule has 3 aromatic heterocycles. The second-order valence-corrected chi connectivity index (χ2v) is 9.27. The van der Waals surface area contributed by atoms with Crippen LogP contribution in [0.1, 0.15) is 19.5 Å². The van der Waals surface area contributed by atoms with Crippen LogP contribution in [0.5, 0.6) is 0 Å². The SMILES string of the molecule is C=CCn1c(=O)c2cnc(Nc3ccc(N4CCNCC4)cc3)nc2n1-c1cccc(C(C)(C)O)n1. The zero-order valence-electron chi connectivity index (χ0n) is 20.5. The zero-order chi connectivity index (χ0) is 25.3. The van der Waals surface area contributed by atoms with Gasteiger partial charge in [-0.2, -0.15) is 4.98 Å². The standard InChI is InChI=1S/C26H30N8O2/c1-4-14-33-24(35)20-17-28-25(29-18-8-10-19(11-9-18)32-15-12-27-13-16-32)31-23(20)34(33)22-7-5-6-21(30-22)26(2,3)36/h4-11,17,27,36H,1,12-16H2,2-3H3,(H,28,29,31). The molecule has 1 aliphatic heterocycles. The van der Waals surface area contributed by atoms with Crippen molar-refractivity contribution in [2.75, 3.05) is 36.4 Å². The van der Waals surface area contributed by atoms with Gasteiger partial charge < -0.3 is 20.6 Å². The second kappa shape index (κ2) is 9.56. The highest BCUT2D eigenvalue weighted by atomic mass is 16.3. The van der Waals surface area contributed by atoms with Gasteiger partial charge in [0.2, 0.25) is 5.95 Å². The molecule has 3 N–H and O–H groups in total. The van der Waals surface area contributed by atoms with Crippen molar-refractivity contribution >= 4 is 28.4 Å². The van der Waals surface area contributed by atoms with Crippen LogP contribution in [0.25, 0.3) is 16.9 Å². The van der Waals surface area contributed by atoms with Crippen molar-refractivity contribution in [1.29, 1.82) is 0 Å². The third-order valence-electron chi connectivity index (χ3n) is 6.16. The van der Waals surface area contributed by atoms with Crippen LogP contribution in [0.2, 0.25) is 0 Å². The summed E-state index contributed by atoms with van der Waals surface area (Å²) < 4.78 is 3.16. The highest BCUT2D eigenvalue weighted by Crippen LogP contribution is 2.23. The molecule has 10 heteroatoms. The van der Waals surface area contributed by atoms with Gasteiger partial charge >= 0.3 is 0 Å². The molecule has 1 saturated heterocycles. The molecule has 1 aromatic carbocycles. The van der Waals surface area contributed by atoms with Gasteiger partial charge in [-0.05, 0) is 50.2 Å². The number of benzene rings is 1. The summed E-state index contributed by atoms with van der Waals surface area (Å²) in [5.41, 5.74) is 1.53. The summed E-state index contributed by atoms with van der Waals surface area (Å²) in [5, 5.41) is 17.4. The largest absolute Gasteiger partial charge is 0.384 e. The van der Waals surface area contributed by atoms with Crippen LogP contribution in [0.4, 0.5) is 17.3 Å². The van der Waals surface area contributed by atoms with Gasteiger partial charge in [-0.15, -0.1) is 6.58 Å². The van der Waals surface area contributed by atoms with E-state index in [0.717, 1.165) is 31.9 Å². The third-order valence-corrected chi connectivity index (χ3v) is 6.16. The van der Waals surface area contributed by atoms with Gasteiger partial charge in [0.1, 0.15) is 11.0 Å². The van der Waals surface area contributed by atoms with E-state index in [9.17, 15) is 9.90 Å². The van der Waals surface area contributed by atoms with E-state index in [1.54, 1.807) is 42.8 Å². The van der Waals surface area contributed by atoms with Crippen LogP contribution < -0.4 is 21.1 Å². The van der Waals surface area contributed by atoms with Gasteiger partial charge in [0.15, 0.2) is 11.5 Å². The average molecular weight is 487 g/mol. The van der Waals surface area contributed by atoms with E-state index in [2.05, 4.69) is 49.2 Å². The fourth-order valence-corrected chi connectivity index (χ4v) is 4.30. The molecule has 0 aliphatic carbocycles. The summed E-state index contributed by atoms with van der Waals surface area (Å²) in [6.07, 6.45) is 3.17. The molecule has 1 aliphatic rings. The van der Waals surface area contributed by atoms with E-state index in [0.29, 0.717) is 28.5 Å². The minimum Gasteiger partial charge on any atom is -0.384 e. The summed E-state index contributed by atoms with van der Waals surface area (Å²) in [5.74, 6) is 0.828. The molecule has 36 heavy (non-hydrogen) atoms. The Balaban J connectivity index is 1.53. The van der Waals surface area contributed by atoms with E-state index in [-0.39, 0.29) is 12.1 Å². The first kappa shape index (κ1) is 23.7. The van der Waals surface area contributed by atoms with Crippen molar-refractivity contribution in [1.82, 2.24) is 29.6 Å². The molecule has 0 saturated carbocycles. The number of piperazine rings is 1. The quantitative estimate of drug-likeness (QED) is 0.342. The van der Waals surface area contributed by atoms with E-state index < -0.39 is 5.60 Å². The summed E-state index contributed by atoms with van der Waals surface area (Å²) in [6.45, 7) is 11.3. The predicted octanol–water partition coefficient (Wildman–Crippen LogP) is 2.54. The van der Waals surface area contributed by atoms with Gasteiger partial charge in [0.05, 0.1) is 12.2 Å². The highest BCUT2D eigenvalue weighted by Gasteiger charge is 2.22. The van der Waals surface area contributed by atoms with Crippen molar-refractivity contribution in [3.05, 3.63) is 77.4 Å². The van der Waals surface area contributed by atoms with Gasteiger partial charge in [0.25, 0.3) is 5.56 Å². The minimum absolute atomic E-state index is 0.243. The Morgan fingerprint density at radius 1 is 1.14 bits per heavy atom. The molecule has 5 rings (SSSR count). The van der Waals surface area contributed by atoms with Gasteiger partial charge in [0, 0.05) is 43.8 Å². The number of aromatic nitrogens is 5. The number of allylic oxidation sites excluding steroid dienone is 1. The normalized spacial score (nSPS) is 14.2. The van der Waals surface area contributed by atoms with Crippen molar-refractivity contribution in [3.8, 4) is 5.82 Å². The lowest BCUT2D eigenvalue weighted by Crippen LogP contribution is -2.43. The van der Waals surface area contributed by atoms with Crippen LogP contribution in [0.15, 0.2) is 66.1 Å². The molecular weight excluding hydrogens is 456 g/mol. The second-order valence-electron chi connectivity index (χ2n) is 9.27. The molecule has 0 bridgehead atoms. The molecule has 4 heterocycles. The summed E-state index contributed by atoms with van der Waals surface area (Å²) in [4.78, 5) is 29.2. The van der Waals surface area contributed by atoms with E-state index in [4.69, 9.17) is 0 Å². The first-order chi connectivity index (χ1) is 17.3. The fraction of sp³-hybridized carbons (Fsp3) is 0.308. The van der Waals surface area contributed by atoms with Crippen molar-refractivity contribution in [3.63, 3.8) is 0 Å². The maximum atomic E-state index is 13.2. The number of nitrogens with zero attached hydrogens (tertiary/aromatic N) is 6. The molecule has 4 aromatic rings. The van der Waals surface area contributed by atoms with Crippen LogP contribution in [-0.4, -0.2) is 55.6 Å². The van der Waals surface area contributed by atoms with Gasteiger partial charge in [-0.25, -0.2) is 19.3 Å². The Morgan fingerprint density at radius 2 is 1.89 bits per heavy atom. The lowest BCUT2D eigenvalue weighted by atomic mass is 10.1. The number of hydrogen-bond acceptors (Lipinski definition) is 8. The third kappa shape index (κ3) is 4.60. The number of aliphatic hydroxyl groups is 1. The zero-order valence-corrected chi connectivity index (χ0v) is 20.5. The average Bonchev–Trinajstić information content (AvgIpc) is 3.15. The highest BCUT2D eigenvalue weighted by molar-refractivity contribution is 5.77. The summed E-state index contributed by atoms with van der Waals surface area (Å²) in [7, 11) is 0. The topological polar surface area (TPSA) is 113 Å². The van der Waals surface area contributed by atoms with E-state index >= 15 is 0 Å². The number of rotatable bonds is 7. The monoisotopic (exact) mass is 486 g/mol. The number of hydrogen-bond donors (Lipinski definition) is 3.